The Hall–Kier alpha value is -3.08. The van der Waals surface area contributed by atoms with Crippen LogP contribution >= 0.6 is 0 Å². The van der Waals surface area contributed by atoms with E-state index in [2.05, 4.69) is 53.5 Å². The van der Waals surface area contributed by atoms with Gasteiger partial charge < -0.3 is 15.4 Å². The Kier molecular flexibility index (Phi) is 5.07. The van der Waals surface area contributed by atoms with Crippen LogP contribution in [0.4, 0.5) is 23.1 Å². The number of hydrogen-bond donors (Lipinski definition) is 2. The second kappa shape index (κ2) is 7.44. The molecule has 0 atom stereocenters. The van der Waals surface area contributed by atoms with Gasteiger partial charge in [0.05, 0.1) is 7.11 Å². The van der Waals surface area contributed by atoms with Crippen molar-refractivity contribution in [2.24, 2.45) is 0 Å². The Bertz CT molecular complexity index is 914. The van der Waals surface area contributed by atoms with Gasteiger partial charge in [-0.3, -0.25) is 0 Å². The molecule has 1 heterocycles. The first kappa shape index (κ1) is 17.7. The van der Waals surface area contributed by atoms with E-state index in [-0.39, 0.29) is 0 Å². The standard InChI is InChI=1S/C21H24N4O/c1-13-9-14(2)20(15(3)10-13)25-21-22-16(4)11-19(24-21)23-17-7-6-8-18(12-17)26-5/h6-12H,1-5H3,(H2,22,23,24,25). The number of ether oxygens (including phenoxy) is 1. The molecule has 0 radical (unpaired) electrons. The summed E-state index contributed by atoms with van der Waals surface area (Å²) in [5.74, 6) is 2.10. The van der Waals surface area contributed by atoms with Crippen LogP contribution in [-0.2, 0) is 0 Å². The SMILES string of the molecule is COc1cccc(Nc2cc(C)nc(Nc3c(C)cc(C)cc3C)n2)c1. The molecule has 3 rings (SSSR count). The Labute approximate surface area is 154 Å². The molecule has 0 saturated carbocycles. The molecule has 2 N–H and O–H groups in total. The zero-order valence-corrected chi connectivity index (χ0v) is 15.8. The van der Waals surface area contributed by atoms with Crippen LogP contribution < -0.4 is 15.4 Å². The average Bonchev–Trinajstić information content (AvgIpc) is 2.58. The van der Waals surface area contributed by atoms with Gasteiger partial charge in [0.2, 0.25) is 5.95 Å². The molecule has 134 valence electrons. The second-order valence-corrected chi connectivity index (χ2v) is 6.47. The lowest BCUT2D eigenvalue weighted by atomic mass is 10.1. The molecule has 26 heavy (non-hydrogen) atoms. The third-order valence-corrected chi connectivity index (χ3v) is 4.11. The Morgan fingerprint density at radius 2 is 1.58 bits per heavy atom. The van der Waals surface area contributed by atoms with E-state index >= 15 is 0 Å². The smallest absolute Gasteiger partial charge is 0.229 e. The molecule has 0 unspecified atom stereocenters. The molecule has 5 heteroatoms. The number of anilines is 4. The topological polar surface area (TPSA) is 59.1 Å². The number of nitrogens with zero attached hydrogens (tertiary/aromatic N) is 2. The lowest BCUT2D eigenvalue weighted by Crippen LogP contribution is -2.04. The maximum Gasteiger partial charge on any atom is 0.229 e. The maximum absolute atomic E-state index is 5.27. The van der Waals surface area contributed by atoms with E-state index in [4.69, 9.17) is 4.74 Å². The van der Waals surface area contributed by atoms with Gasteiger partial charge in [-0.15, -0.1) is 0 Å². The van der Waals surface area contributed by atoms with Gasteiger partial charge in [0.25, 0.3) is 0 Å². The molecule has 0 aliphatic heterocycles. The van der Waals surface area contributed by atoms with Crippen LogP contribution in [0, 0.1) is 27.7 Å². The summed E-state index contributed by atoms with van der Waals surface area (Å²) >= 11 is 0. The molecule has 0 amide bonds. The first-order valence-electron chi connectivity index (χ1n) is 8.56. The van der Waals surface area contributed by atoms with E-state index in [1.165, 1.54) is 16.7 Å². The van der Waals surface area contributed by atoms with Crippen molar-refractivity contribution >= 4 is 23.1 Å². The van der Waals surface area contributed by atoms with Crippen LogP contribution in [0.1, 0.15) is 22.4 Å². The lowest BCUT2D eigenvalue weighted by Gasteiger charge is -2.14. The molecule has 0 fully saturated rings. The summed E-state index contributed by atoms with van der Waals surface area (Å²) < 4.78 is 5.27. The molecule has 0 aliphatic carbocycles. The molecule has 0 saturated heterocycles. The summed E-state index contributed by atoms with van der Waals surface area (Å²) in [7, 11) is 1.65. The molecule has 0 aliphatic rings. The number of benzene rings is 2. The van der Waals surface area contributed by atoms with Crippen molar-refractivity contribution in [1.29, 1.82) is 0 Å². The van der Waals surface area contributed by atoms with Crippen LogP contribution in [0.5, 0.6) is 5.75 Å². The van der Waals surface area contributed by atoms with Crippen molar-refractivity contribution in [1.82, 2.24) is 9.97 Å². The minimum absolute atomic E-state index is 0.574. The third-order valence-electron chi connectivity index (χ3n) is 4.11. The van der Waals surface area contributed by atoms with Crippen molar-refractivity contribution in [2.45, 2.75) is 27.7 Å². The highest BCUT2D eigenvalue weighted by Gasteiger charge is 2.08. The quantitative estimate of drug-likeness (QED) is 0.663. The highest BCUT2D eigenvalue weighted by molar-refractivity contribution is 5.65. The van der Waals surface area contributed by atoms with E-state index in [9.17, 15) is 0 Å². The Morgan fingerprint density at radius 3 is 2.27 bits per heavy atom. The van der Waals surface area contributed by atoms with Gasteiger partial charge in [-0.1, -0.05) is 23.8 Å². The molecule has 1 aromatic heterocycles. The summed E-state index contributed by atoms with van der Waals surface area (Å²) in [4.78, 5) is 9.13. The molecular formula is C21H24N4O. The van der Waals surface area contributed by atoms with Crippen LogP contribution in [0.2, 0.25) is 0 Å². The van der Waals surface area contributed by atoms with E-state index in [0.29, 0.717) is 5.95 Å². The van der Waals surface area contributed by atoms with Crippen molar-refractivity contribution in [3.63, 3.8) is 0 Å². The zero-order valence-electron chi connectivity index (χ0n) is 15.8. The number of hydrogen-bond acceptors (Lipinski definition) is 5. The fourth-order valence-electron chi connectivity index (χ4n) is 3.03. The van der Waals surface area contributed by atoms with Crippen LogP contribution in [0.15, 0.2) is 42.5 Å². The first-order valence-corrected chi connectivity index (χ1v) is 8.56. The second-order valence-electron chi connectivity index (χ2n) is 6.47. The summed E-state index contributed by atoms with van der Waals surface area (Å²) in [6.07, 6.45) is 0. The lowest BCUT2D eigenvalue weighted by molar-refractivity contribution is 0.415. The van der Waals surface area contributed by atoms with Gasteiger partial charge >= 0.3 is 0 Å². The summed E-state index contributed by atoms with van der Waals surface area (Å²) in [5, 5.41) is 6.68. The van der Waals surface area contributed by atoms with Crippen molar-refractivity contribution < 1.29 is 4.74 Å². The number of rotatable bonds is 5. The van der Waals surface area contributed by atoms with Crippen LogP contribution in [0.25, 0.3) is 0 Å². The third kappa shape index (κ3) is 4.11. The van der Waals surface area contributed by atoms with E-state index in [0.717, 1.165) is 28.6 Å². The molecular weight excluding hydrogens is 324 g/mol. The number of aryl methyl sites for hydroxylation is 4. The number of methoxy groups -OCH3 is 1. The largest absolute Gasteiger partial charge is 0.497 e. The maximum atomic E-state index is 5.27. The van der Waals surface area contributed by atoms with E-state index < -0.39 is 0 Å². The van der Waals surface area contributed by atoms with Crippen LogP contribution in [0.3, 0.4) is 0 Å². The van der Waals surface area contributed by atoms with Crippen molar-refractivity contribution in [3.8, 4) is 5.75 Å². The van der Waals surface area contributed by atoms with Crippen LogP contribution in [-0.4, -0.2) is 17.1 Å². The fourth-order valence-corrected chi connectivity index (χ4v) is 3.03. The predicted molar refractivity (Wildman–Crippen MR) is 107 cm³/mol. The molecule has 2 aromatic carbocycles. The highest BCUT2D eigenvalue weighted by atomic mass is 16.5. The normalized spacial score (nSPS) is 10.5. The highest BCUT2D eigenvalue weighted by Crippen LogP contribution is 2.26. The molecule has 0 bridgehead atoms. The Balaban J connectivity index is 1.88. The Morgan fingerprint density at radius 1 is 0.846 bits per heavy atom. The monoisotopic (exact) mass is 348 g/mol. The predicted octanol–water partition coefficient (Wildman–Crippen LogP) is 5.21. The number of aromatic nitrogens is 2. The van der Waals surface area contributed by atoms with Crippen molar-refractivity contribution in [3.05, 3.63) is 64.8 Å². The van der Waals surface area contributed by atoms with Gasteiger partial charge in [0.1, 0.15) is 11.6 Å². The van der Waals surface area contributed by atoms with Gasteiger partial charge in [0.15, 0.2) is 0 Å². The minimum Gasteiger partial charge on any atom is -0.497 e. The molecule has 0 spiro atoms. The molecule has 3 aromatic rings. The minimum atomic E-state index is 0.574. The summed E-state index contributed by atoms with van der Waals surface area (Å²) in [5.41, 5.74) is 6.45. The van der Waals surface area contributed by atoms with Gasteiger partial charge in [0, 0.05) is 29.2 Å². The van der Waals surface area contributed by atoms with Crippen molar-refractivity contribution in [2.75, 3.05) is 17.7 Å². The van der Waals surface area contributed by atoms with E-state index in [1.807, 2.05) is 37.3 Å². The summed E-state index contributed by atoms with van der Waals surface area (Å²) in [6, 6.07) is 14.0. The van der Waals surface area contributed by atoms with Gasteiger partial charge in [-0.2, -0.15) is 4.98 Å². The molecule has 5 nitrogen and oxygen atoms in total. The summed E-state index contributed by atoms with van der Waals surface area (Å²) in [6.45, 7) is 8.24. The zero-order chi connectivity index (χ0) is 18.7. The fraction of sp³-hybridized carbons (Fsp3) is 0.238. The average molecular weight is 348 g/mol. The van der Waals surface area contributed by atoms with Gasteiger partial charge in [-0.25, -0.2) is 4.98 Å². The van der Waals surface area contributed by atoms with Gasteiger partial charge in [-0.05, 0) is 51.0 Å². The first-order chi connectivity index (χ1) is 12.4. The van der Waals surface area contributed by atoms with E-state index in [1.54, 1.807) is 7.11 Å². The number of nitrogens with one attached hydrogen (secondary N) is 2.